The number of Topliss-reactive ketones (excluding diaryl/α,β-unsaturated/α-hetero) is 1. The molecule has 1 atom stereocenters. The first-order chi connectivity index (χ1) is 13.9. The normalized spacial score (nSPS) is 12.0. The van der Waals surface area contributed by atoms with E-state index in [2.05, 4.69) is 19.9 Å². The maximum Gasteiger partial charge on any atom is 0.306 e. The summed E-state index contributed by atoms with van der Waals surface area (Å²) in [5, 5.41) is 9.09. The number of carbonyl (C=O) groups excluding carboxylic acids is 1. The Morgan fingerprint density at radius 2 is 1.90 bits per heavy atom. The first-order valence-corrected chi connectivity index (χ1v) is 9.23. The number of carbonyl (C=O) groups is 2. The molecule has 2 aromatic heterocycles. The van der Waals surface area contributed by atoms with Gasteiger partial charge in [-0.1, -0.05) is 31.2 Å². The number of rotatable bonds is 8. The molecule has 0 unspecified atom stereocenters. The highest BCUT2D eigenvalue weighted by Crippen LogP contribution is 2.15. The highest BCUT2D eigenvalue weighted by Gasteiger charge is 2.20. The molecule has 0 fully saturated rings. The lowest BCUT2D eigenvalue weighted by atomic mass is 9.95. The summed E-state index contributed by atoms with van der Waals surface area (Å²) < 4.78 is 0. The van der Waals surface area contributed by atoms with Gasteiger partial charge in [-0.3, -0.25) is 19.4 Å². The van der Waals surface area contributed by atoms with E-state index >= 15 is 0 Å². The highest BCUT2D eigenvalue weighted by molar-refractivity contribution is 5.97. The van der Waals surface area contributed by atoms with Gasteiger partial charge >= 0.3 is 5.97 Å². The van der Waals surface area contributed by atoms with Crippen LogP contribution < -0.4 is 11.3 Å². The van der Waals surface area contributed by atoms with Crippen LogP contribution in [-0.2, 0) is 17.6 Å². The molecule has 0 aliphatic carbocycles. The number of benzene rings is 1. The number of nitrogens with two attached hydrogens (primary N) is 1. The molecule has 1 aromatic carbocycles. The van der Waals surface area contributed by atoms with Crippen molar-refractivity contribution >= 4 is 28.9 Å². The Kier molecular flexibility index (Phi) is 5.96. The smallest absolute Gasteiger partial charge is 0.306 e. The Bertz CT molecular complexity index is 1110. The van der Waals surface area contributed by atoms with Crippen molar-refractivity contribution in [3.8, 4) is 0 Å². The first kappa shape index (κ1) is 20.1. The van der Waals surface area contributed by atoms with E-state index in [4.69, 9.17) is 10.8 Å². The van der Waals surface area contributed by atoms with E-state index in [9.17, 15) is 14.4 Å². The lowest BCUT2D eigenvalue weighted by Crippen LogP contribution is -2.17. The lowest BCUT2D eigenvalue weighted by molar-refractivity contribution is -0.141. The average Bonchev–Trinajstić information content (AvgIpc) is 2.70. The minimum Gasteiger partial charge on any atom is -0.481 e. The summed E-state index contributed by atoms with van der Waals surface area (Å²) in [6.07, 6.45) is 3.16. The van der Waals surface area contributed by atoms with Crippen molar-refractivity contribution in [3.05, 3.63) is 57.6 Å². The van der Waals surface area contributed by atoms with Crippen molar-refractivity contribution in [1.82, 2.24) is 19.9 Å². The summed E-state index contributed by atoms with van der Waals surface area (Å²) in [6.45, 7) is 1.75. The van der Waals surface area contributed by atoms with E-state index in [0.717, 1.165) is 5.56 Å². The number of carboxylic acids is 1. The number of nitrogen functional groups attached to an aromatic ring is 1. The fraction of sp³-hybridized carbons (Fsp3) is 0.300. The number of anilines is 1. The zero-order valence-electron chi connectivity index (χ0n) is 15.9. The molecule has 0 radical (unpaired) electrons. The number of hydrogen-bond donors (Lipinski definition) is 3. The molecule has 0 bridgehead atoms. The molecule has 0 aliphatic heterocycles. The number of aromatic amines is 1. The second-order valence-corrected chi connectivity index (χ2v) is 6.75. The molecule has 0 saturated carbocycles. The molecular formula is C20H21N5O4. The quantitative estimate of drug-likeness (QED) is 0.488. The number of hydrogen-bond acceptors (Lipinski definition) is 7. The summed E-state index contributed by atoms with van der Waals surface area (Å²) in [5.41, 5.74) is 7.52. The van der Waals surface area contributed by atoms with E-state index in [-0.39, 0.29) is 29.3 Å². The lowest BCUT2D eigenvalue weighted by Gasteiger charge is -2.09. The fourth-order valence-electron chi connectivity index (χ4n) is 2.97. The Hall–Kier alpha value is -3.62. The molecule has 0 spiro atoms. The summed E-state index contributed by atoms with van der Waals surface area (Å²) in [5.74, 6) is -1.81. The number of aliphatic carboxylic acids is 1. The number of carboxylic acid groups (broad SMARTS) is 1. The third kappa shape index (κ3) is 4.81. The number of fused-ring (bicyclic) bond motifs is 1. The second kappa shape index (κ2) is 8.59. The predicted octanol–water partition coefficient (Wildman–Crippen LogP) is 1.76. The standard InChI is InChI=1S/C20H21N5O4/c1-2-12(19(28)29)9-15(26)13-6-3-11(4-7-13)5-8-14-10-22-17-16(23-14)18(27)25-20(21)24-17/h3-4,6-7,10,12H,2,5,8-9H2,1H3,(H,28,29)(H3,21,22,24,25,27)/t12-/m1/s1. The molecule has 3 aromatic rings. The summed E-state index contributed by atoms with van der Waals surface area (Å²) in [7, 11) is 0. The number of nitrogens with zero attached hydrogens (tertiary/aromatic N) is 3. The van der Waals surface area contributed by atoms with Gasteiger partial charge in [-0.25, -0.2) is 9.97 Å². The van der Waals surface area contributed by atoms with E-state index in [1.807, 2.05) is 12.1 Å². The number of aromatic nitrogens is 4. The summed E-state index contributed by atoms with van der Waals surface area (Å²) in [6, 6.07) is 7.07. The van der Waals surface area contributed by atoms with Crippen molar-refractivity contribution in [2.45, 2.75) is 32.6 Å². The van der Waals surface area contributed by atoms with Crippen molar-refractivity contribution in [2.24, 2.45) is 5.92 Å². The van der Waals surface area contributed by atoms with E-state index in [1.54, 1.807) is 25.3 Å². The number of ketones is 1. The molecular weight excluding hydrogens is 374 g/mol. The molecule has 9 heteroatoms. The Morgan fingerprint density at radius 3 is 2.55 bits per heavy atom. The average molecular weight is 395 g/mol. The van der Waals surface area contributed by atoms with Crippen LogP contribution in [0.3, 0.4) is 0 Å². The second-order valence-electron chi connectivity index (χ2n) is 6.75. The topological polar surface area (TPSA) is 152 Å². The monoisotopic (exact) mass is 395 g/mol. The number of nitrogens with one attached hydrogen (secondary N) is 1. The summed E-state index contributed by atoms with van der Waals surface area (Å²) in [4.78, 5) is 50.0. The van der Waals surface area contributed by atoms with Crippen LogP contribution >= 0.6 is 0 Å². The fourth-order valence-corrected chi connectivity index (χ4v) is 2.97. The van der Waals surface area contributed by atoms with Crippen LogP contribution in [0.2, 0.25) is 0 Å². The molecule has 9 nitrogen and oxygen atoms in total. The predicted molar refractivity (Wildman–Crippen MR) is 107 cm³/mol. The van der Waals surface area contributed by atoms with Crippen molar-refractivity contribution in [1.29, 1.82) is 0 Å². The van der Waals surface area contributed by atoms with Crippen molar-refractivity contribution in [2.75, 3.05) is 5.73 Å². The number of aryl methyl sites for hydroxylation is 2. The largest absolute Gasteiger partial charge is 0.481 e. The molecule has 4 N–H and O–H groups in total. The van der Waals surface area contributed by atoms with Crippen LogP contribution in [0, 0.1) is 5.92 Å². The van der Waals surface area contributed by atoms with Gasteiger partial charge in [0.05, 0.1) is 17.8 Å². The minimum absolute atomic E-state index is 0.00667. The molecule has 0 aliphatic rings. The Morgan fingerprint density at radius 1 is 1.17 bits per heavy atom. The zero-order chi connectivity index (χ0) is 21.0. The van der Waals surface area contributed by atoms with Crippen LogP contribution in [-0.4, -0.2) is 36.8 Å². The van der Waals surface area contributed by atoms with Crippen LogP contribution in [0.4, 0.5) is 5.95 Å². The molecule has 0 saturated heterocycles. The Balaban J connectivity index is 1.66. The molecule has 0 amide bonds. The minimum atomic E-state index is -0.953. The molecule has 2 heterocycles. The van der Waals surface area contributed by atoms with Crippen molar-refractivity contribution < 1.29 is 14.7 Å². The SMILES string of the molecule is CC[C@H](CC(=O)c1ccc(CCc2cnc3nc(N)[nH]c(=O)c3n2)cc1)C(=O)O. The van der Waals surface area contributed by atoms with Gasteiger partial charge in [0.2, 0.25) is 5.95 Å². The van der Waals surface area contributed by atoms with Gasteiger partial charge in [0.15, 0.2) is 16.9 Å². The summed E-state index contributed by atoms with van der Waals surface area (Å²) >= 11 is 0. The molecule has 3 rings (SSSR count). The first-order valence-electron chi connectivity index (χ1n) is 9.23. The molecule has 29 heavy (non-hydrogen) atoms. The van der Waals surface area contributed by atoms with Crippen molar-refractivity contribution in [3.63, 3.8) is 0 Å². The third-order valence-electron chi connectivity index (χ3n) is 4.71. The van der Waals surface area contributed by atoms with Gasteiger partial charge in [-0.2, -0.15) is 4.98 Å². The van der Waals surface area contributed by atoms with Gasteiger partial charge in [0, 0.05) is 12.0 Å². The maximum atomic E-state index is 12.3. The van der Waals surface area contributed by atoms with Crippen LogP contribution in [0.25, 0.3) is 11.2 Å². The Labute approximate surface area is 166 Å². The van der Waals surface area contributed by atoms with Crippen LogP contribution in [0.1, 0.15) is 41.4 Å². The zero-order valence-corrected chi connectivity index (χ0v) is 15.9. The van der Waals surface area contributed by atoms with Gasteiger partial charge in [0.25, 0.3) is 5.56 Å². The van der Waals surface area contributed by atoms with Crippen LogP contribution in [0.15, 0.2) is 35.3 Å². The van der Waals surface area contributed by atoms with Gasteiger partial charge in [-0.05, 0) is 24.8 Å². The van der Waals surface area contributed by atoms with Gasteiger partial charge in [-0.15, -0.1) is 0 Å². The maximum absolute atomic E-state index is 12.3. The van der Waals surface area contributed by atoms with E-state index in [0.29, 0.717) is 30.5 Å². The van der Waals surface area contributed by atoms with Gasteiger partial charge in [0.1, 0.15) is 0 Å². The van der Waals surface area contributed by atoms with Crippen LogP contribution in [0.5, 0.6) is 0 Å². The number of H-pyrrole nitrogens is 1. The third-order valence-corrected chi connectivity index (χ3v) is 4.71. The highest BCUT2D eigenvalue weighted by atomic mass is 16.4. The van der Waals surface area contributed by atoms with E-state index in [1.165, 1.54) is 0 Å². The van der Waals surface area contributed by atoms with E-state index < -0.39 is 17.4 Å². The van der Waals surface area contributed by atoms with Gasteiger partial charge < -0.3 is 10.8 Å². The molecule has 150 valence electrons.